The first kappa shape index (κ1) is 18.2. The van der Waals surface area contributed by atoms with E-state index in [1.807, 2.05) is 0 Å². The molecule has 0 aromatic carbocycles. The Labute approximate surface area is 127 Å². The molecule has 0 radical (unpaired) electrons. The topological polar surface area (TPSA) is 0 Å². The van der Waals surface area contributed by atoms with Crippen molar-refractivity contribution < 1.29 is 0 Å². The molecule has 0 aliphatic carbocycles. The van der Waals surface area contributed by atoms with Gasteiger partial charge < -0.3 is 0 Å². The van der Waals surface area contributed by atoms with Crippen molar-refractivity contribution in [2.45, 2.75) is 46.8 Å². The van der Waals surface area contributed by atoms with Crippen LogP contribution in [-0.4, -0.2) is 38.2 Å². The van der Waals surface area contributed by atoms with Crippen molar-refractivity contribution in [1.82, 2.24) is 0 Å². The van der Waals surface area contributed by atoms with Gasteiger partial charge in [0.25, 0.3) is 0 Å². The summed E-state index contributed by atoms with van der Waals surface area (Å²) in [7, 11) is 13.0. The molecule has 0 aliphatic rings. The zero-order chi connectivity index (χ0) is 12.4. The molecule has 0 spiro atoms. The molecule has 0 saturated heterocycles. The second kappa shape index (κ2) is 12.3. The molecule has 0 heterocycles. The van der Waals surface area contributed by atoms with E-state index in [9.17, 15) is 0 Å². The van der Waals surface area contributed by atoms with Gasteiger partial charge in [0.15, 0.2) is 0 Å². The maximum Gasteiger partial charge on any atom is 0.391 e. The summed E-state index contributed by atoms with van der Waals surface area (Å²) in [6.45, 7) is 2.22. The van der Waals surface area contributed by atoms with Crippen molar-refractivity contribution in [3.05, 3.63) is 0 Å². The minimum atomic E-state index is -1.24. The highest BCUT2D eigenvalue weighted by Crippen LogP contribution is 2.31. The van der Waals surface area contributed by atoms with Gasteiger partial charge in [-0.1, -0.05) is 46.8 Å². The normalized spacial score (nSPS) is 10.9. The average Bonchev–Trinajstić information content (AvgIpc) is 2.25. The van der Waals surface area contributed by atoms with Gasteiger partial charge in [0, 0.05) is 11.8 Å². The first-order valence-corrected chi connectivity index (χ1v) is 13.6. The molecule has 0 fully saturated rings. The lowest BCUT2D eigenvalue weighted by Gasteiger charge is -2.19. The van der Waals surface area contributed by atoms with Gasteiger partial charge in [0.05, 0.1) is 0 Å². The summed E-state index contributed by atoms with van der Waals surface area (Å²) in [4.78, 5) is 0. The summed E-state index contributed by atoms with van der Waals surface area (Å²) in [6, 6.07) is 0. The Morgan fingerprint density at radius 3 is 1.81 bits per heavy atom. The van der Waals surface area contributed by atoms with Crippen molar-refractivity contribution in [3.8, 4) is 0 Å². The third-order valence-corrected chi connectivity index (χ3v) is 15.7. The van der Waals surface area contributed by atoms with Crippen LogP contribution in [0, 0.1) is 0 Å². The van der Waals surface area contributed by atoms with Crippen molar-refractivity contribution in [2.24, 2.45) is 0 Å². The summed E-state index contributed by atoms with van der Waals surface area (Å²) < 4.78 is 0.618. The lowest BCUT2D eigenvalue weighted by atomic mass is 10.2. The van der Waals surface area contributed by atoms with Gasteiger partial charge in [-0.15, -0.1) is 23.2 Å². The molecule has 0 aliphatic heterocycles. The van der Waals surface area contributed by atoms with Crippen LogP contribution in [-0.2, 0) is 0 Å². The number of rotatable bonds is 10. The van der Waals surface area contributed by atoms with Gasteiger partial charge >= 0.3 is 26.5 Å². The van der Waals surface area contributed by atoms with Gasteiger partial charge in [0.1, 0.15) is 0 Å². The van der Waals surface area contributed by atoms with E-state index in [0.717, 1.165) is 10.6 Å². The molecule has 0 aromatic rings. The monoisotopic (exact) mass is 334 g/mol. The quantitative estimate of drug-likeness (QED) is 0.284. The summed E-state index contributed by atoms with van der Waals surface area (Å²) in [6.07, 6.45) is 5.01. The fraction of sp³-hybridized carbons (Fsp3) is 1.00. The molecule has 0 rings (SSSR count). The Hall–Kier alpha value is 2.22. The van der Waals surface area contributed by atoms with Crippen molar-refractivity contribution in [1.29, 1.82) is 0 Å². The second-order valence-corrected chi connectivity index (χ2v) is 14.0. The molecular weight excluding hydrogens is 316 g/mol. The fourth-order valence-electron chi connectivity index (χ4n) is 1.85. The minimum Gasteiger partial charge on any atom is -0.262 e. The Morgan fingerprint density at radius 2 is 1.44 bits per heavy atom. The van der Waals surface area contributed by atoms with E-state index in [4.69, 9.17) is 43.3 Å². The van der Waals surface area contributed by atoms with Crippen LogP contribution >= 0.6 is 43.3 Å². The molecule has 0 atom stereocenters. The Kier molecular flexibility index (Phi) is 14.0. The number of alkyl halides is 2. The third-order valence-electron chi connectivity index (χ3n) is 2.84. The van der Waals surface area contributed by atoms with Gasteiger partial charge in [-0.2, -0.15) is 0 Å². The van der Waals surface area contributed by atoms with E-state index < -0.39 is 26.5 Å². The predicted octanol–water partition coefficient (Wildman–Crippen LogP) is 5.41. The van der Waals surface area contributed by atoms with Crippen molar-refractivity contribution in [2.75, 3.05) is 11.8 Å². The van der Waals surface area contributed by atoms with Gasteiger partial charge in [-0.25, -0.2) is 0 Å². The number of unbranched alkanes of at least 4 members (excludes halogenated alkanes) is 2. The van der Waals surface area contributed by atoms with Gasteiger partial charge in [-0.05, 0) is 0 Å². The SMILES string of the molecule is CCCCC[CH]([Al]([Cl])[CH2]CCl)[Al]([Cl])[CH2]CCl. The molecule has 0 aromatic heterocycles. The molecule has 0 nitrogen and oxygen atoms in total. The fourth-order valence-corrected chi connectivity index (χ4v) is 14.6. The summed E-state index contributed by atoms with van der Waals surface area (Å²) >= 11 is 9.08. The van der Waals surface area contributed by atoms with Gasteiger partial charge in [-0.3, -0.25) is 20.1 Å². The second-order valence-electron chi connectivity index (χ2n) is 4.15. The van der Waals surface area contributed by atoms with Crippen LogP contribution in [0.2, 0.25) is 14.2 Å². The van der Waals surface area contributed by atoms with Crippen molar-refractivity contribution in [3.63, 3.8) is 0 Å². The largest absolute Gasteiger partial charge is 0.391 e. The van der Waals surface area contributed by atoms with Crippen molar-refractivity contribution >= 4 is 69.8 Å². The predicted molar refractivity (Wildman–Crippen MR) is 82.2 cm³/mol. The van der Waals surface area contributed by atoms with E-state index in [2.05, 4.69) is 6.92 Å². The van der Waals surface area contributed by atoms with E-state index in [-0.39, 0.29) is 0 Å². The first-order chi connectivity index (χ1) is 7.67. The van der Waals surface area contributed by atoms with Crippen LogP contribution in [0.3, 0.4) is 0 Å². The number of hydrogen-bond donors (Lipinski definition) is 0. The van der Waals surface area contributed by atoms with E-state index in [1.54, 1.807) is 0 Å². The third kappa shape index (κ3) is 8.35. The highest BCUT2D eigenvalue weighted by atomic mass is 35.6. The van der Waals surface area contributed by atoms with Gasteiger partial charge in [0.2, 0.25) is 0 Å². The Morgan fingerprint density at radius 1 is 0.938 bits per heavy atom. The number of hydrogen-bond acceptors (Lipinski definition) is 0. The zero-order valence-electron chi connectivity index (χ0n) is 9.90. The highest BCUT2D eigenvalue weighted by Gasteiger charge is 2.35. The van der Waals surface area contributed by atoms with E-state index in [0.29, 0.717) is 15.4 Å². The summed E-state index contributed by atoms with van der Waals surface area (Å²) in [5.74, 6) is 1.37. The Balaban J connectivity index is 4.13. The zero-order valence-corrected chi connectivity index (χ0v) is 15.2. The minimum absolute atomic E-state index is 0.618. The maximum atomic E-state index is 6.52. The highest BCUT2D eigenvalue weighted by molar-refractivity contribution is 7.20. The average molecular weight is 336 g/mol. The molecule has 0 bridgehead atoms. The molecule has 6 heteroatoms. The smallest absolute Gasteiger partial charge is 0.262 e. The molecular formula is C10H20Al2Cl4. The maximum absolute atomic E-state index is 6.52. The lowest BCUT2D eigenvalue weighted by molar-refractivity contribution is 0.683. The van der Waals surface area contributed by atoms with Crippen LogP contribution < -0.4 is 0 Å². The number of halogens is 4. The van der Waals surface area contributed by atoms with Crippen LogP contribution in [0.4, 0.5) is 0 Å². The van der Waals surface area contributed by atoms with Crippen LogP contribution in [0.1, 0.15) is 32.6 Å². The lowest BCUT2D eigenvalue weighted by Crippen LogP contribution is -2.27. The van der Waals surface area contributed by atoms with Crippen LogP contribution in [0.5, 0.6) is 0 Å². The molecule has 16 heavy (non-hydrogen) atoms. The standard InChI is InChI=1S/C6H12.2C2H4Cl.2Al.2ClH/c1-3-5-6-4-2;2*1-2-3;;;;/h1H,3-6H2,2H3;2*1-2H2;;;2*1H/q;;;2*+1;;/p-2. The molecule has 0 amide bonds. The molecule has 0 N–H and O–H groups in total. The summed E-state index contributed by atoms with van der Waals surface area (Å²) in [5, 5.41) is 2.00. The molecule has 94 valence electrons. The first-order valence-electron chi connectivity index (χ1n) is 6.07. The van der Waals surface area contributed by atoms with Crippen LogP contribution in [0.15, 0.2) is 0 Å². The van der Waals surface area contributed by atoms with E-state index >= 15 is 0 Å². The molecule has 0 unspecified atom stereocenters. The van der Waals surface area contributed by atoms with Crippen LogP contribution in [0.25, 0.3) is 0 Å². The molecule has 0 saturated carbocycles. The van der Waals surface area contributed by atoms with E-state index in [1.165, 1.54) is 25.7 Å². The Bertz CT molecular complexity index is 148. The summed E-state index contributed by atoms with van der Waals surface area (Å²) in [5.41, 5.74) is 0.